The normalized spacial score (nSPS) is 33.0. The number of hydrogen-bond acceptors (Lipinski definition) is 4. The maximum Gasteiger partial charge on any atom is 0.0695 e. The molecule has 2 atom stereocenters. The van der Waals surface area contributed by atoms with Crippen molar-refractivity contribution in [2.24, 2.45) is 5.92 Å². The van der Waals surface area contributed by atoms with Crippen LogP contribution >= 0.6 is 0 Å². The molecule has 4 heteroatoms. The third-order valence-electron chi connectivity index (χ3n) is 5.20. The van der Waals surface area contributed by atoms with Crippen LogP contribution in [0.5, 0.6) is 0 Å². The highest BCUT2D eigenvalue weighted by Gasteiger charge is 2.31. The van der Waals surface area contributed by atoms with Gasteiger partial charge in [0.15, 0.2) is 0 Å². The van der Waals surface area contributed by atoms with Gasteiger partial charge in [-0.25, -0.2) is 0 Å². The van der Waals surface area contributed by atoms with E-state index in [9.17, 15) is 5.11 Å². The highest BCUT2D eigenvalue weighted by Crippen LogP contribution is 2.28. The summed E-state index contributed by atoms with van der Waals surface area (Å²) in [5.74, 6) is 0.572. The molecule has 0 amide bonds. The molecule has 3 fully saturated rings. The largest absolute Gasteiger partial charge is 0.392 e. The second kappa shape index (κ2) is 6.53. The minimum absolute atomic E-state index is 0.0917. The molecule has 110 valence electrons. The molecule has 1 aliphatic carbocycles. The first-order valence-corrected chi connectivity index (χ1v) is 8.05. The van der Waals surface area contributed by atoms with Crippen LogP contribution in [0.15, 0.2) is 0 Å². The molecule has 0 spiro atoms. The number of rotatable bonds is 4. The third-order valence-corrected chi connectivity index (χ3v) is 5.20. The summed E-state index contributed by atoms with van der Waals surface area (Å²) in [6.45, 7) is 7.15. The fraction of sp³-hybridized carbons (Fsp3) is 1.00. The molecule has 1 saturated carbocycles. The van der Waals surface area contributed by atoms with Gasteiger partial charge >= 0.3 is 0 Å². The van der Waals surface area contributed by atoms with Crippen LogP contribution in [0.3, 0.4) is 0 Å². The van der Waals surface area contributed by atoms with Crippen LogP contribution in [0.2, 0.25) is 0 Å². The van der Waals surface area contributed by atoms with Crippen molar-refractivity contribution < 1.29 is 9.84 Å². The second-order valence-electron chi connectivity index (χ2n) is 6.46. The van der Waals surface area contributed by atoms with E-state index >= 15 is 0 Å². The number of aliphatic hydroxyl groups is 1. The maximum absolute atomic E-state index is 10.3. The second-order valence-corrected chi connectivity index (χ2v) is 6.46. The number of ether oxygens (including phenoxy) is 1. The lowest BCUT2D eigenvalue weighted by Crippen LogP contribution is -2.45. The van der Waals surface area contributed by atoms with Crippen LogP contribution in [0.1, 0.15) is 32.1 Å². The molecule has 19 heavy (non-hydrogen) atoms. The Morgan fingerprint density at radius 3 is 2.53 bits per heavy atom. The number of hydrogen-bond donors (Lipinski definition) is 1. The van der Waals surface area contributed by atoms with Crippen molar-refractivity contribution in [3.63, 3.8) is 0 Å². The average molecular weight is 268 g/mol. The van der Waals surface area contributed by atoms with Gasteiger partial charge in [-0.15, -0.1) is 0 Å². The zero-order valence-electron chi connectivity index (χ0n) is 12.0. The molecule has 2 aliphatic heterocycles. The van der Waals surface area contributed by atoms with Crippen molar-refractivity contribution in [2.75, 3.05) is 45.9 Å². The molecule has 4 nitrogen and oxygen atoms in total. The van der Waals surface area contributed by atoms with Gasteiger partial charge in [-0.3, -0.25) is 9.80 Å². The first kappa shape index (κ1) is 13.8. The first-order chi connectivity index (χ1) is 9.33. The van der Waals surface area contributed by atoms with Crippen molar-refractivity contribution in [3.05, 3.63) is 0 Å². The van der Waals surface area contributed by atoms with Crippen molar-refractivity contribution in [1.82, 2.24) is 9.80 Å². The quantitative estimate of drug-likeness (QED) is 0.823. The Kier molecular flexibility index (Phi) is 4.74. The summed E-state index contributed by atoms with van der Waals surface area (Å²) in [4.78, 5) is 5.05. The summed E-state index contributed by atoms with van der Waals surface area (Å²) < 4.78 is 5.42. The number of morpholine rings is 1. The van der Waals surface area contributed by atoms with E-state index in [1.165, 1.54) is 32.1 Å². The number of β-amino-alcohol motifs (C(OH)–C–C–N with tert-alkyl or cyclic N) is 1. The summed E-state index contributed by atoms with van der Waals surface area (Å²) in [5.41, 5.74) is 0. The molecule has 3 aliphatic rings. The van der Waals surface area contributed by atoms with Crippen LogP contribution < -0.4 is 0 Å². The van der Waals surface area contributed by atoms with E-state index in [-0.39, 0.29) is 6.10 Å². The Bertz CT molecular complexity index is 275. The van der Waals surface area contributed by atoms with Gasteiger partial charge in [-0.05, 0) is 31.7 Å². The Balaban J connectivity index is 1.43. The lowest BCUT2D eigenvalue weighted by atomic mass is 10.0. The van der Waals surface area contributed by atoms with Gasteiger partial charge in [0.25, 0.3) is 0 Å². The Morgan fingerprint density at radius 1 is 1.05 bits per heavy atom. The van der Waals surface area contributed by atoms with E-state index in [4.69, 9.17) is 4.74 Å². The molecule has 0 aromatic heterocycles. The van der Waals surface area contributed by atoms with Gasteiger partial charge in [-0.1, -0.05) is 12.8 Å². The SMILES string of the molecule is OC(CN1CCC(N2CCOCC2)C1)C1CCCC1. The van der Waals surface area contributed by atoms with E-state index in [1.807, 2.05) is 0 Å². The molecule has 3 rings (SSSR count). The fourth-order valence-electron chi connectivity index (χ4n) is 3.97. The van der Waals surface area contributed by atoms with Gasteiger partial charge in [0.1, 0.15) is 0 Å². The zero-order chi connectivity index (χ0) is 13.1. The summed E-state index contributed by atoms with van der Waals surface area (Å²) in [6, 6.07) is 0.694. The summed E-state index contributed by atoms with van der Waals surface area (Å²) in [5, 5.41) is 10.3. The maximum atomic E-state index is 10.3. The Labute approximate surface area is 116 Å². The smallest absolute Gasteiger partial charge is 0.0695 e. The predicted molar refractivity (Wildman–Crippen MR) is 75.2 cm³/mol. The lowest BCUT2D eigenvalue weighted by Gasteiger charge is -2.32. The van der Waals surface area contributed by atoms with Gasteiger partial charge < -0.3 is 9.84 Å². The van der Waals surface area contributed by atoms with Crippen LogP contribution in [-0.2, 0) is 4.74 Å². The monoisotopic (exact) mass is 268 g/mol. The van der Waals surface area contributed by atoms with E-state index in [0.29, 0.717) is 12.0 Å². The van der Waals surface area contributed by atoms with Crippen LogP contribution in [0.4, 0.5) is 0 Å². The number of nitrogens with zero attached hydrogens (tertiary/aromatic N) is 2. The first-order valence-electron chi connectivity index (χ1n) is 8.05. The molecule has 0 radical (unpaired) electrons. The van der Waals surface area contributed by atoms with Crippen molar-refractivity contribution in [2.45, 2.75) is 44.2 Å². The molecular formula is C15H28N2O2. The lowest BCUT2D eigenvalue weighted by molar-refractivity contribution is 0.0163. The molecule has 2 saturated heterocycles. The summed E-state index contributed by atoms with van der Waals surface area (Å²) in [6.07, 6.45) is 6.28. The van der Waals surface area contributed by atoms with Crippen molar-refractivity contribution in [3.8, 4) is 0 Å². The topological polar surface area (TPSA) is 35.9 Å². The van der Waals surface area contributed by atoms with Gasteiger partial charge in [0, 0.05) is 32.2 Å². The van der Waals surface area contributed by atoms with E-state index in [0.717, 1.165) is 45.9 Å². The van der Waals surface area contributed by atoms with Crippen molar-refractivity contribution >= 4 is 0 Å². The van der Waals surface area contributed by atoms with Gasteiger partial charge in [0.2, 0.25) is 0 Å². The summed E-state index contributed by atoms with van der Waals surface area (Å²) >= 11 is 0. The average Bonchev–Trinajstić information content (AvgIpc) is 3.11. The Morgan fingerprint density at radius 2 is 1.79 bits per heavy atom. The number of aliphatic hydroxyl groups excluding tert-OH is 1. The molecular weight excluding hydrogens is 240 g/mol. The van der Waals surface area contributed by atoms with Crippen LogP contribution in [0.25, 0.3) is 0 Å². The highest BCUT2D eigenvalue weighted by molar-refractivity contribution is 4.87. The minimum Gasteiger partial charge on any atom is -0.392 e. The fourth-order valence-corrected chi connectivity index (χ4v) is 3.97. The predicted octanol–water partition coefficient (Wildman–Crippen LogP) is 0.944. The number of likely N-dealkylation sites (tertiary alicyclic amines) is 1. The van der Waals surface area contributed by atoms with E-state index < -0.39 is 0 Å². The molecule has 2 unspecified atom stereocenters. The Hall–Kier alpha value is -0.160. The van der Waals surface area contributed by atoms with Crippen LogP contribution in [-0.4, -0.2) is 73.0 Å². The minimum atomic E-state index is -0.0917. The van der Waals surface area contributed by atoms with Crippen LogP contribution in [0, 0.1) is 5.92 Å². The van der Waals surface area contributed by atoms with Crippen molar-refractivity contribution in [1.29, 1.82) is 0 Å². The van der Waals surface area contributed by atoms with Gasteiger partial charge in [-0.2, -0.15) is 0 Å². The zero-order valence-corrected chi connectivity index (χ0v) is 12.0. The third kappa shape index (κ3) is 3.48. The molecule has 0 aromatic carbocycles. The summed E-state index contributed by atoms with van der Waals surface area (Å²) in [7, 11) is 0. The molecule has 0 aromatic rings. The molecule has 1 N–H and O–H groups in total. The highest BCUT2D eigenvalue weighted by atomic mass is 16.5. The van der Waals surface area contributed by atoms with Gasteiger partial charge in [0.05, 0.1) is 19.3 Å². The molecule has 0 bridgehead atoms. The standard InChI is InChI=1S/C15H28N2O2/c18-15(13-3-1-2-4-13)12-16-6-5-14(11-16)17-7-9-19-10-8-17/h13-15,18H,1-12H2. The van der Waals surface area contributed by atoms with E-state index in [1.54, 1.807) is 0 Å². The van der Waals surface area contributed by atoms with E-state index in [2.05, 4.69) is 9.80 Å². The molecule has 2 heterocycles.